The quantitative estimate of drug-likeness (QED) is 0.686. The first-order valence-corrected chi connectivity index (χ1v) is 10.1. The highest BCUT2D eigenvalue weighted by Gasteiger charge is 2.29. The van der Waals surface area contributed by atoms with Gasteiger partial charge in [-0.25, -0.2) is 0 Å². The van der Waals surface area contributed by atoms with Crippen molar-refractivity contribution in [1.29, 1.82) is 0 Å². The zero-order valence-corrected chi connectivity index (χ0v) is 17.4. The molecule has 1 atom stereocenters. The standard InChI is InChI=1S/C22H35N3O2/c1-18(2)8-14-27-21-6-5-19(15-22(21)26-4)16-24-9-7-20(17-24)25-12-10-23(3)11-13-25/h5-6,8,15,20H,7,9-14,16-17H2,1-4H3/t20-/m1/s1. The van der Waals surface area contributed by atoms with Gasteiger partial charge in [0.2, 0.25) is 0 Å². The van der Waals surface area contributed by atoms with E-state index in [9.17, 15) is 0 Å². The molecule has 1 aromatic carbocycles. The van der Waals surface area contributed by atoms with Crippen LogP contribution in [0.5, 0.6) is 11.5 Å². The monoisotopic (exact) mass is 373 g/mol. The molecule has 0 spiro atoms. The zero-order chi connectivity index (χ0) is 19.2. The van der Waals surface area contributed by atoms with Gasteiger partial charge in [0, 0.05) is 51.9 Å². The molecule has 27 heavy (non-hydrogen) atoms. The lowest BCUT2D eigenvalue weighted by molar-refractivity contribution is 0.112. The molecule has 2 aliphatic heterocycles. The van der Waals surface area contributed by atoms with Gasteiger partial charge in [-0.05, 0) is 51.1 Å². The van der Waals surface area contributed by atoms with E-state index in [1.165, 1.54) is 56.8 Å². The van der Waals surface area contributed by atoms with Crippen molar-refractivity contribution in [3.8, 4) is 11.5 Å². The van der Waals surface area contributed by atoms with Crippen molar-refractivity contribution in [2.75, 3.05) is 60.0 Å². The molecule has 1 aromatic rings. The molecular weight excluding hydrogens is 338 g/mol. The van der Waals surface area contributed by atoms with Crippen LogP contribution in [-0.4, -0.2) is 80.8 Å². The number of benzene rings is 1. The molecule has 0 aromatic heterocycles. The van der Waals surface area contributed by atoms with E-state index in [0.717, 1.165) is 18.0 Å². The van der Waals surface area contributed by atoms with E-state index in [1.807, 2.05) is 6.07 Å². The number of ether oxygens (including phenoxy) is 2. The van der Waals surface area contributed by atoms with Crippen LogP contribution in [0.1, 0.15) is 25.8 Å². The van der Waals surface area contributed by atoms with Crippen molar-refractivity contribution in [2.45, 2.75) is 32.9 Å². The summed E-state index contributed by atoms with van der Waals surface area (Å²) in [6.45, 7) is 12.9. The normalized spacial score (nSPS) is 22.0. The summed E-state index contributed by atoms with van der Waals surface area (Å²) in [5.41, 5.74) is 2.55. The van der Waals surface area contributed by atoms with E-state index in [0.29, 0.717) is 12.6 Å². The molecule has 2 fully saturated rings. The predicted octanol–water partition coefficient (Wildman–Crippen LogP) is 2.86. The summed E-state index contributed by atoms with van der Waals surface area (Å²) in [7, 11) is 3.94. The van der Waals surface area contributed by atoms with Gasteiger partial charge in [-0.15, -0.1) is 0 Å². The van der Waals surface area contributed by atoms with E-state index in [1.54, 1.807) is 7.11 Å². The number of hydrogen-bond donors (Lipinski definition) is 0. The fourth-order valence-corrected chi connectivity index (χ4v) is 3.93. The SMILES string of the molecule is COc1cc(CN2CC[C@@H](N3CCN(C)CC3)C2)ccc1OCC=C(C)C. The van der Waals surface area contributed by atoms with E-state index in [4.69, 9.17) is 9.47 Å². The van der Waals surface area contributed by atoms with Gasteiger partial charge < -0.3 is 14.4 Å². The number of hydrogen-bond acceptors (Lipinski definition) is 5. The average molecular weight is 374 g/mol. The van der Waals surface area contributed by atoms with Crippen molar-refractivity contribution in [1.82, 2.24) is 14.7 Å². The van der Waals surface area contributed by atoms with Crippen LogP contribution in [-0.2, 0) is 6.54 Å². The summed E-state index contributed by atoms with van der Waals surface area (Å²) >= 11 is 0. The van der Waals surface area contributed by atoms with Crippen LogP contribution >= 0.6 is 0 Å². The minimum atomic E-state index is 0.580. The first kappa shape index (κ1) is 20.2. The van der Waals surface area contributed by atoms with Crippen LogP contribution in [0, 0.1) is 0 Å². The van der Waals surface area contributed by atoms with Gasteiger partial charge in [0.25, 0.3) is 0 Å². The van der Waals surface area contributed by atoms with Gasteiger partial charge in [-0.1, -0.05) is 11.6 Å². The maximum Gasteiger partial charge on any atom is 0.161 e. The Morgan fingerprint density at radius 2 is 1.89 bits per heavy atom. The Bertz CT molecular complexity index is 634. The molecule has 0 aliphatic carbocycles. The van der Waals surface area contributed by atoms with Gasteiger partial charge >= 0.3 is 0 Å². The maximum absolute atomic E-state index is 5.84. The Kier molecular flexibility index (Phi) is 7.16. The lowest BCUT2D eigenvalue weighted by Crippen LogP contribution is -2.49. The number of methoxy groups -OCH3 is 1. The third-order valence-corrected chi connectivity index (χ3v) is 5.67. The Morgan fingerprint density at radius 3 is 2.59 bits per heavy atom. The summed E-state index contributed by atoms with van der Waals surface area (Å²) < 4.78 is 11.4. The molecule has 0 bridgehead atoms. The van der Waals surface area contributed by atoms with E-state index < -0.39 is 0 Å². The maximum atomic E-state index is 5.84. The second kappa shape index (κ2) is 9.58. The predicted molar refractivity (Wildman–Crippen MR) is 111 cm³/mol. The molecule has 0 N–H and O–H groups in total. The van der Waals surface area contributed by atoms with Crippen molar-refractivity contribution in [3.63, 3.8) is 0 Å². The first-order chi connectivity index (χ1) is 13.0. The largest absolute Gasteiger partial charge is 0.493 e. The summed E-state index contributed by atoms with van der Waals surface area (Å²) in [4.78, 5) is 7.68. The highest BCUT2D eigenvalue weighted by molar-refractivity contribution is 5.43. The first-order valence-electron chi connectivity index (χ1n) is 10.1. The van der Waals surface area contributed by atoms with Crippen molar-refractivity contribution < 1.29 is 9.47 Å². The lowest BCUT2D eigenvalue weighted by Gasteiger charge is -2.36. The van der Waals surface area contributed by atoms with Crippen LogP contribution < -0.4 is 9.47 Å². The molecule has 2 saturated heterocycles. The molecule has 5 heteroatoms. The number of rotatable bonds is 7. The van der Waals surface area contributed by atoms with Crippen LogP contribution in [0.15, 0.2) is 29.8 Å². The third kappa shape index (κ3) is 5.71. The summed E-state index contributed by atoms with van der Waals surface area (Å²) in [5, 5.41) is 0. The van der Waals surface area contributed by atoms with Crippen molar-refractivity contribution in [2.24, 2.45) is 0 Å². The minimum Gasteiger partial charge on any atom is -0.493 e. The summed E-state index contributed by atoms with van der Waals surface area (Å²) in [5.74, 6) is 1.64. The van der Waals surface area contributed by atoms with Gasteiger partial charge in [-0.2, -0.15) is 0 Å². The smallest absolute Gasteiger partial charge is 0.161 e. The average Bonchev–Trinajstić information content (AvgIpc) is 3.11. The lowest BCUT2D eigenvalue weighted by atomic mass is 10.2. The molecular formula is C22H35N3O2. The molecule has 0 saturated carbocycles. The molecule has 0 radical (unpaired) electrons. The minimum absolute atomic E-state index is 0.580. The Morgan fingerprint density at radius 1 is 1.11 bits per heavy atom. The fraction of sp³-hybridized carbons (Fsp3) is 0.636. The Balaban J connectivity index is 1.54. The highest BCUT2D eigenvalue weighted by Crippen LogP contribution is 2.29. The zero-order valence-electron chi connectivity index (χ0n) is 17.4. The highest BCUT2D eigenvalue weighted by atomic mass is 16.5. The van der Waals surface area contributed by atoms with Gasteiger partial charge in [-0.3, -0.25) is 9.80 Å². The van der Waals surface area contributed by atoms with E-state index in [2.05, 4.69) is 53.8 Å². The third-order valence-electron chi connectivity index (χ3n) is 5.67. The van der Waals surface area contributed by atoms with Crippen LogP contribution in [0.2, 0.25) is 0 Å². The second-order valence-corrected chi connectivity index (χ2v) is 8.09. The second-order valence-electron chi connectivity index (χ2n) is 8.09. The number of likely N-dealkylation sites (N-methyl/N-ethyl adjacent to an activating group) is 1. The van der Waals surface area contributed by atoms with Gasteiger partial charge in [0.15, 0.2) is 11.5 Å². The van der Waals surface area contributed by atoms with E-state index >= 15 is 0 Å². The van der Waals surface area contributed by atoms with E-state index in [-0.39, 0.29) is 0 Å². The molecule has 0 amide bonds. The molecule has 150 valence electrons. The fourth-order valence-electron chi connectivity index (χ4n) is 3.93. The number of allylic oxidation sites excluding steroid dienone is 1. The summed E-state index contributed by atoms with van der Waals surface area (Å²) in [6.07, 6.45) is 3.36. The van der Waals surface area contributed by atoms with Crippen LogP contribution in [0.3, 0.4) is 0 Å². The molecule has 0 unspecified atom stereocenters. The topological polar surface area (TPSA) is 28.2 Å². The molecule has 2 aliphatic rings. The van der Waals surface area contributed by atoms with Gasteiger partial charge in [0.1, 0.15) is 6.61 Å². The molecule has 2 heterocycles. The van der Waals surface area contributed by atoms with Crippen LogP contribution in [0.4, 0.5) is 0 Å². The number of likely N-dealkylation sites (tertiary alicyclic amines) is 1. The number of nitrogens with zero attached hydrogens (tertiary/aromatic N) is 3. The van der Waals surface area contributed by atoms with Crippen molar-refractivity contribution >= 4 is 0 Å². The van der Waals surface area contributed by atoms with Crippen LogP contribution in [0.25, 0.3) is 0 Å². The van der Waals surface area contributed by atoms with Crippen molar-refractivity contribution in [3.05, 3.63) is 35.4 Å². The Labute approximate surface area is 164 Å². The Hall–Kier alpha value is -1.56. The molecule has 3 rings (SSSR count). The molecule has 5 nitrogen and oxygen atoms in total. The summed E-state index contributed by atoms with van der Waals surface area (Å²) in [6, 6.07) is 7.05. The number of piperazine rings is 1. The van der Waals surface area contributed by atoms with Gasteiger partial charge in [0.05, 0.1) is 7.11 Å².